The minimum absolute atomic E-state index is 0.511. The SMILES string of the molecule is [2H]c1ccc2cn[nH]c2c1. The van der Waals surface area contributed by atoms with Crippen LogP contribution >= 0.6 is 0 Å². The molecule has 0 fully saturated rings. The summed E-state index contributed by atoms with van der Waals surface area (Å²) < 4.78 is 7.27. The number of nitrogens with zero attached hydrogens (tertiary/aromatic N) is 1. The molecule has 0 saturated carbocycles. The fourth-order valence-corrected chi connectivity index (χ4v) is 0.823. The predicted molar refractivity (Wildman–Crippen MR) is 36.1 cm³/mol. The molecule has 0 aliphatic carbocycles. The first-order valence-electron chi connectivity index (χ1n) is 3.26. The average molecular weight is 119 g/mol. The molecule has 2 aromatic rings. The van der Waals surface area contributed by atoms with Crippen LogP contribution in [0, 0.1) is 0 Å². The van der Waals surface area contributed by atoms with Crippen molar-refractivity contribution in [2.45, 2.75) is 0 Å². The lowest BCUT2D eigenvalue weighted by atomic mass is 10.3. The molecule has 0 atom stereocenters. The topological polar surface area (TPSA) is 28.7 Å². The van der Waals surface area contributed by atoms with Crippen LogP contribution in [0.1, 0.15) is 1.37 Å². The molecular formula is C7H6N2. The van der Waals surface area contributed by atoms with Gasteiger partial charge in [0.1, 0.15) is 0 Å². The molecular weight excluding hydrogens is 112 g/mol. The van der Waals surface area contributed by atoms with Crippen molar-refractivity contribution in [3.05, 3.63) is 30.4 Å². The average Bonchev–Trinajstić information content (AvgIpc) is 2.33. The van der Waals surface area contributed by atoms with Gasteiger partial charge in [0.2, 0.25) is 0 Å². The number of hydrogen-bond donors (Lipinski definition) is 1. The summed E-state index contributed by atoms with van der Waals surface area (Å²) in [5.74, 6) is 0. The summed E-state index contributed by atoms with van der Waals surface area (Å²) in [5, 5.41) is 7.68. The summed E-state index contributed by atoms with van der Waals surface area (Å²) in [6.45, 7) is 0. The monoisotopic (exact) mass is 119 g/mol. The van der Waals surface area contributed by atoms with Crippen molar-refractivity contribution in [1.82, 2.24) is 10.2 Å². The molecule has 0 amide bonds. The number of aromatic nitrogens is 2. The second kappa shape index (κ2) is 1.58. The van der Waals surface area contributed by atoms with E-state index in [0.717, 1.165) is 10.9 Å². The summed E-state index contributed by atoms with van der Waals surface area (Å²) in [6, 6.07) is 5.89. The van der Waals surface area contributed by atoms with Gasteiger partial charge in [-0.3, -0.25) is 5.10 Å². The number of para-hydroxylation sites is 1. The van der Waals surface area contributed by atoms with E-state index in [9.17, 15) is 0 Å². The molecule has 0 aliphatic heterocycles. The van der Waals surface area contributed by atoms with Gasteiger partial charge in [0, 0.05) is 5.39 Å². The molecule has 9 heavy (non-hydrogen) atoms. The summed E-state index contributed by atoms with van der Waals surface area (Å²) in [6.07, 6.45) is 1.74. The van der Waals surface area contributed by atoms with Crippen LogP contribution in [0.2, 0.25) is 0 Å². The molecule has 0 unspecified atom stereocenters. The second-order valence-electron chi connectivity index (χ2n) is 1.88. The molecule has 2 rings (SSSR count). The summed E-state index contributed by atoms with van der Waals surface area (Å²) in [7, 11) is 0. The Morgan fingerprint density at radius 3 is 3.56 bits per heavy atom. The minimum atomic E-state index is 0.511. The molecule has 0 aliphatic rings. The van der Waals surface area contributed by atoms with Crippen LogP contribution < -0.4 is 0 Å². The van der Waals surface area contributed by atoms with Gasteiger partial charge in [-0.2, -0.15) is 5.10 Å². The number of H-pyrrole nitrogens is 1. The maximum absolute atomic E-state index is 7.27. The van der Waals surface area contributed by atoms with E-state index in [1.54, 1.807) is 18.3 Å². The van der Waals surface area contributed by atoms with E-state index in [1.165, 1.54) is 0 Å². The third-order valence-electron chi connectivity index (χ3n) is 1.29. The number of rotatable bonds is 0. The quantitative estimate of drug-likeness (QED) is 0.560. The molecule has 44 valence electrons. The highest BCUT2D eigenvalue weighted by atomic mass is 15.1. The molecule has 0 bridgehead atoms. The molecule has 0 spiro atoms. The zero-order valence-corrected chi connectivity index (χ0v) is 4.76. The molecule has 1 heterocycles. The van der Waals surface area contributed by atoms with Crippen molar-refractivity contribution in [1.29, 1.82) is 0 Å². The van der Waals surface area contributed by atoms with E-state index in [0.29, 0.717) is 6.04 Å². The van der Waals surface area contributed by atoms with Crippen LogP contribution in [0.4, 0.5) is 0 Å². The van der Waals surface area contributed by atoms with Gasteiger partial charge in [0.05, 0.1) is 13.1 Å². The third kappa shape index (κ3) is 0.598. The Balaban J connectivity index is 2.86. The zero-order valence-electron chi connectivity index (χ0n) is 5.76. The van der Waals surface area contributed by atoms with Gasteiger partial charge in [-0.15, -0.1) is 0 Å². The Bertz CT molecular complexity index is 353. The fourth-order valence-electron chi connectivity index (χ4n) is 0.823. The fraction of sp³-hybridized carbons (Fsp3) is 0. The summed E-state index contributed by atoms with van der Waals surface area (Å²) >= 11 is 0. The highest BCUT2D eigenvalue weighted by Gasteiger charge is 1.88. The number of fused-ring (bicyclic) bond motifs is 1. The number of benzene rings is 1. The van der Waals surface area contributed by atoms with E-state index < -0.39 is 0 Å². The Kier molecular flexibility index (Phi) is 0.646. The van der Waals surface area contributed by atoms with Crippen molar-refractivity contribution >= 4 is 10.9 Å². The van der Waals surface area contributed by atoms with Crippen LogP contribution in [0.3, 0.4) is 0 Å². The van der Waals surface area contributed by atoms with Crippen LogP contribution in [-0.4, -0.2) is 10.2 Å². The van der Waals surface area contributed by atoms with E-state index in [1.807, 2.05) is 6.07 Å². The van der Waals surface area contributed by atoms with Crippen molar-refractivity contribution in [2.24, 2.45) is 0 Å². The van der Waals surface area contributed by atoms with E-state index in [-0.39, 0.29) is 0 Å². The smallest absolute Gasteiger partial charge is 0.0650 e. The largest absolute Gasteiger partial charge is 0.278 e. The highest BCUT2D eigenvalue weighted by Crippen LogP contribution is 2.06. The van der Waals surface area contributed by atoms with Crippen molar-refractivity contribution in [3.63, 3.8) is 0 Å². The van der Waals surface area contributed by atoms with Crippen LogP contribution in [0.25, 0.3) is 10.9 Å². The third-order valence-corrected chi connectivity index (χ3v) is 1.29. The number of nitrogens with one attached hydrogen (secondary N) is 1. The van der Waals surface area contributed by atoms with E-state index in [2.05, 4.69) is 10.2 Å². The van der Waals surface area contributed by atoms with Gasteiger partial charge in [-0.05, 0) is 6.07 Å². The minimum Gasteiger partial charge on any atom is -0.278 e. The van der Waals surface area contributed by atoms with Gasteiger partial charge in [0.25, 0.3) is 0 Å². The second-order valence-corrected chi connectivity index (χ2v) is 1.88. The number of hydrogen-bond acceptors (Lipinski definition) is 1. The maximum Gasteiger partial charge on any atom is 0.0650 e. The molecule has 2 nitrogen and oxygen atoms in total. The van der Waals surface area contributed by atoms with Gasteiger partial charge in [-0.1, -0.05) is 18.2 Å². The predicted octanol–water partition coefficient (Wildman–Crippen LogP) is 1.56. The molecule has 1 N–H and O–H groups in total. The number of aromatic amines is 1. The van der Waals surface area contributed by atoms with Crippen LogP contribution in [0.15, 0.2) is 30.4 Å². The Morgan fingerprint density at radius 2 is 2.56 bits per heavy atom. The van der Waals surface area contributed by atoms with Gasteiger partial charge in [-0.25, -0.2) is 0 Å². The molecule has 1 aromatic carbocycles. The Hall–Kier alpha value is -1.31. The van der Waals surface area contributed by atoms with Crippen molar-refractivity contribution in [3.8, 4) is 0 Å². The molecule has 1 aromatic heterocycles. The summed E-state index contributed by atoms with van der Waals surface area (Å²) in [5.41, 5.74) is 0.924. The first-order chi connectivity index (χ1) is 4.86. The van der Waals surface area contributed by atoms with E-state index >= 15 is 0 Å². The van der Waals surface area contributed by atoms with Crippen molar-refractivity contribution in [2.75, 3.05) is 0 Å². The lowest BCUT2D eigenvalue weighted by Crippen LogP contribution is -1.63. The van der Waals surface area contributed by atoms with Crippen LogP contribution in [0.5, 0.6) is 0 Å². The normalized spacial score (nSPS) is 11.8. The molecule has 2 heteroatoms. The lowest BCUT2D eigenvalue weighted by Gasteiger charge is -1.81. The first-order valence-corrected chi connectivity index (χ1v) is 2.76. The first kappa shape index (κ1) is 3.67. The van der Waals surface area contributed by atoms with Gasteiger partial charge in [0.15, 0.2) is 0 Å². The highest BCUT2D eigenvalue weighted by molar-refractivity contribution is 5.77. The molecule has 0 saturated heterocycles. The maximum atomic E-state index is 7.27. The Morgan fingerprint density at radius 1 is 1.56 bits per heavy atom. The zero-order chi connectivity index (χ0) is 6.97. The Labute approximate surface area is 53.9 Å². The van der Waals surface area contributed by atoms with Gasteiger partial charge >= 0.3 is 0 Å². The van der Waals surface area contributed by atoms with E-state index in [4.69, 9.17) is 1.37 Å². The molecule has 0 radical (unpaired) electrons. The van der Waals surface area contributed by atoms with Crippen LogP contribution in [-0.2, 0) is 0 Å². The standard InChI is InChI=1S/C7H6N2/c1-2-4-7-6(3-1)5-8-9-7/h1-5H,(H,8,9)/i2D. The van der Waals surface area contributed by atoms with Gasteiger partial charge < -0.3 is 0 Å². The summed E-state index contributed by atoms with van der Waals surface area (Å²) in [4.78, 5) is 0. The lowest BCUT2D eigenvalue weighted by molar-refractivity contribution is 1.12. The van der Waals surface area contributed by atoms with Crippen molar-refractivity contribution < 1.29 is 1.37 Å².